The Morgan fingerprint density at radius 1 is 1.28 bits per heavy atom. The minimum Gasteiger partial charge on any atom is -0.444 e. The van der Waals surface area contributed by atoms with E-state index in [9.17, 15) is 22.4 Å². The first kappa shape index (κ1) is 19.5. The molecule has 0 aliphatic carbocycles. The van der Waals surface area contributed by atoms with Crippen molar-refractivity contribution >= 4 is 6.09 Å². The maximum absolute atomic E-state index is 13.8. The van der Waals surface area contributed by atoms with Crippen LogP contribution in [0, 0.1) is 5.82 Å². The van der Waals surface area contributed by atoms with E-state index < -0.39 is 35.3 Å². The summed E-state index contributed by atoms with van der Waals surface area (Å²) < 4.78 is 57.0. The smallest absolute Gasteiger partial charge is 0.419 e. The van der Waals surface area contributed by atoms with E-state index in [2.05, 4.69) is 0 Å². The number of rotatable bonds is 1. The molecular weight excluding hydrogens is 340 g/mol. The van der Waals surface area contributed by atoms with Crippen molar-refractivity contribution in [3.63, 3.8) is 0 Å². The molecule has 0 saturated carbocycles. The molecule has 2 N–H and O–H groups in total. The van der Waals surface area contributed by atoms with Gasteiger partial charge in [-0.3, -0.25) is 0 Å². The lowest BCUT2D eigenvalue weighted by molar-refractivity contribution is -0.140. The predicted molar refractivity (Wildman–Crippen MR) is 84.5 cm³/mol. The van der Waals surface area contributed by atoms with Crippen LogP contribution in [0.3, 0.4) is 0 Å². The van der Waals surface area contributed by atoms with Crippen molar-refractivity contribution in [3.8, 4) is 0 Å². The molecule has 1 fully saturated rings. The van der Waals surface area contributed by atoms with Crippen LogP contribution in [0.15, 0.2) is 18.2 Å². The highest BCUT2D eigenvalue weighted by molar-refractivity contribution is 5.68. The van der Waals surface area contributed by atoms with Crippen molar-refractivity contribution in [1.82, 2.24) is 4.90 Å². The number of nitrogens with two attached hydrogens (primary N) is 1. The van der Waals surface area contributed by atoms with Gasteiger partial charge in [-0.1, -0.05) is 6.07 Å². The second-order valence-electron chi connectivity index (χ2n) is 7.22. The number of hydrogen-bond acceptors (Lipinski definition) is 3. The van der Waals surface area contributed by atoms with E-state index in [1.54, 1.807) is 20.8 Å². The number of ether oxygens (including phenoxy) is 1. The van der Waals surface area contributed by atoms with Crippen LogP contribution in [-0.4, -0.2) is 35.7 Å². The second-order valence-corrected chi connectivity index (χ2v) is 7.22. The summed E-state index contributed by atoms with van der Waals surface area (Å²) in [6, 6.07) is 2.35. The van der Waals surface area contributed by atoms with Crippen molar-refractivity contribution < 1.29 is 27.1 Å². The van der Waals surface area contributed by atoms with Crippen molar-refractivity contribution in [2.24, 2.45) is 5.73 Å². The van der Waals surface area contributed by atoms with E-state index in [-0.39, 0.29) is 12.5 Å². The number of benzene rings is 1. The van der Waals surface area contributed by atoms with Crippen molar-refractivity contribution in [1.29, 1.82) is 0 Å². The van der Waals surface area contributed by atoms with Crippen LogP contribution in [0.25, 0.3) is 0 Å². The Bertz CT molecular complexity index is 641. The maximum atomic E-state index is 13.8. The number of nitrogens with zero attached hydrogens (tertiary/aromatic N) is 1. The highest BCUT2D eigenvalue weighted by Crippen LogP contribution is 2.34. The first-order chi connectivity index (χ1) is 11.4. The zero-order valence-electron chi connectivity index (χ0n) is 14.4. The SMILES string of the molecule is CC(C)(C)OC(=O)N1CCC(c2ccc(C(F)(F)F)c(F)c2)C(N)C1. The Hall–Kier alpha value is -1.83. The molecule has 140 valence electrons. The Labute approximate surface area is 143 Å². The van der Waals surface area contributed by atoms with Crippen LogP contribution in [0.4, 0.5) is 22.4 Å². The Morgan fingerprint density at radius 2 is 1.92 bits per heavy atom. The number of alkyl halides is 3. The number of halogens is 4. The van der Waals surface area contributed by atoms with Crippen LogP contribution in [0.2, 0.25) is 0 Å². The predicted octanol–water partition coefficient (Wildman–Crippen LogP) is 3.90. The van der Waals surface area contributed by atoms with Crippen LogP contribution < -0.4 is 5.73 Å². The fourth-order valence-corrected chi connectivity index (χ4v) is 2.88. The molecule has 8 heteroatoms. The Kier molecular flexibility index (Phi) is 5.32. The zero-order valence-corrected chi connectivity index (χ0v) is 14.4. The third kappa shape index (κ3) is 4.84. The quantitative estimate of drug-likeness (QED) is 0.771. The molecule has 4 nitrogen and oxygen atoms in total. The Balaban J connectivity index is 2.09. The van der Waals surface area contributed by atoms with E-state index in [0.29, 0.717) is 18.5 Å². The third-order valence-corrected chi connectivity index (χ3v) is 4.04. The van der Waals surface area contributed by atoms with Gasteiger partial charge in [-0.25, -0.2) is 9.18 Å². The molecule has 1 aromatic carbocycles. The van der Waals surface area contributed by atoms with E-state index in [1.807, 2.05) is 0 Å². The fourth-order valence-electron chi connectivity index (χ4n) is 2.88. The summed E-state index contributed by atoms with van der Waals surface area (Å²) in [6.07, 6.45) is -4.80. The van der Waals surface area contributed by atoms with E-state index in [1.165, 1.54) is 11.0 Å². The van der Waals surface area contributed by atoms with Gasteiger partial charge in [0.05, 0.1) is 5.56 Å². The summed E-state index contributed by atoms with van der Waals surface area (Å²) in [7, 11) is 0. The monoisotopic (exact) mass is 362 g/mol. The van der Waals surface area contributed by atoms with E-state index in [4.69, 9.17) is 10.5 Å². The summed E-state index contributed by atoms with van der Waals surface area (Å²) in [5, 5.41) is 0. The van der Waals surface area contributed by atoms with Gasteiger partial charge in [-0.2, -0.15) is 13.2 Å². The van der Waals surface area contributed by atoms with Crippen LogP contribution in [0.5, 0.6) is 0 Å². The minimum atomic E-state index is -4.73. The van der Waals surface area contributed by atoms with Gasteiger partial charge < -0.3 is 15.4 Å². The fraction of sp³-hybridized carbons (Fsp3) is 0.588. The molecule has 2 atom stereocenters. The zero-order chi connectivity index (χ0) is 19.0. The molecule has 2 unspecified atom stereocenters. The molecule has 2 rings (SSSR count). The molecule has 1 aliphatic rings. The molecule has 25 heavy (non-hydrogen) atoms. The largest absolute Gasteiger partial charge is 0.444 e. The first-order valence-corrected chi connectivity index (χ1v) is 7.98. The average Bonchev–Trinajstić information content (AvgIpc) is 2.43. The van der Waals surface area contributed by atoms with Gasteiger partial charge in [0, 0.05) is 25.0 Å². The van der Waals surface area contributed by atoms with E-state index in [0.717, 1.165) is 12.1 Å². The standard InChI is InChI=1S/C17H22F4N2O2/c1-16(2,3)25-15(24)23-7-6-11(14(22)9-23)10-4-5-12(13(18)8-10)17(19,20)21/h4-5,8,11,14H,6-7,9,22H2,1-3H3. The van der Waals surface area contributed by atoms with Gasteiger partial charge in [0.1, 0.15) is 11.4 Å². The molecule has 1 amide bonds. The number of piperidine rings is 1. The molecule has 1 aromatic rings. The van der Waals surface area contributed by atoms with Crippen LogP contribution >= 0.6 is 0 Å². The molecule has 1 heterocycles. The third-order valence-electron chi connectivity index (χ3n) is 4.04. The maximum Gasteiger partial charge on any atom is 0.419 e. The highest BCUT2D eigenvalue weighted by Gasteiger charge is 2.36. The normalized spacial score (nSPS) is 22.0. The number of hydrogen-bond donors (Lipinski definition) is 1. The van der Waals surface area contributed by atoms with Gasteiger partial charge in [0.2, 0.25) is 0 Å². The lowest BCUT2D eigenvalue weighted by atomic mass is 9.85. The molecule has 0 radical (unpaired) electrons. The second kappa shape index (κ2) is 6.82. The van der Waals surface area contributed by atoms with Gasteiger partial charge in [-0.05, 0) is 44.9 Å². The molecule has 1 saturated heterocycles. The molecule has 0 spiro atoms. The minimum absolute atomic E-state index is 0.197. The first-order valence-electron chi connectivity index (χ1n) is 7.98. The van der Waals surface area contributed by atoms with Gasteiger partial charge in [0.25, 0.3) is 0 Å². The topological polar surface area (TPSA) is 55.6 Å². The summed E-state index contributed by atoms with van der Waals surface area (Å²) >= 11 is 0. The molecule has 0 aromatic heterocycles. The van der Waals surface area contributed by atoms with Crippen molar-refractivity contribution in [2.45, 2.75) is 50.9 Å². The summed E-state index contributed by atoms with van der Waals surface area (Å²) in [5.74, 6) is -1.64. The van der Waals surface area contributed by atoms with Crippen LogP contribution in [0.1, 0.15) is 44.2 Å². The number of carbonyl (C=O) groups excluding carboxylic acids is 1. The molecular formula is C17H22F4N2O2. The molecule has 1 aliphatic heterocycles. The molecule has 0 bridgehead atoms. The summed E-state index contributed by atoms with van der Waals surface area (Å²) in [4.78, 5) is 13.5. The van der Waals surface area contributed by atoms with Crippen LogP contribution in [-0.2, 0) is 10.9 Å². The van der Waals surface area contributed by atoms with Crippen molar-refractivity contribution in [3.05, 3.63) is 35.1 Å². The number of carbonyl (C=O) groups is 1. The average molecular weight is 362 g/mol. The Morgan fingerprint density at radius 3 is 2.40 bits per heavy atom. The van der Waals surface area contributed by atoms with E-state index >= 15 is 0 Å². The van der Waals surface area contributed by atoms with Gasteiger partial charge in [0.15, 0.2) is 0 Å². The summed E-state index contributed by atoms with van der Waals surface area (Å²) in [5.41, 5.74) is 4.56. The number of likely N-dealkylation sites (tertiary alicyclic amines) is 1. The lowest BCUT2D eigenvalue weighted by Gasteiger charge is -2.37. The lowest BCUT2D eigenvalue weighted by Crippen LogP contribution is -2.50. The van der Waals surface area contributed by atoms with Gasteiger partial charge in [-0.15, -0.1) is 0 Å². The van der Waals surface area contributed by atoms with Gasteiger partial charge >= 0.3 is 12.3 Å². The number of amides is 1. The highest BCUT2D eigenvalue weighted by atomic mass is 19.4. The summed E-state index contributed by atoms with van der Waals surface area (Å²) in [6.45, 7) is 5.80. The van der Waals surface area contributed by atoms with Crippen molar-refractivity contribution in [2.75, 3.05) is 13.1 Å².